The molecular formula is C31H30N2O5S2. The maximum absolute atomic E-state index is 13.9. The van der Waals surface area contributed by atoms with Crippen LogP contribution in [0.15, 0.2) is 125 Å². The summed E-state index contributed by atoms with van der Waals surface area (Å²) in [5.74, 6) is -0.348. The Labute approximate surface area is 235 Å². The Morgan fingerprint density at radius 1 is 0.725 bits per heavy atom. The number of carbonyl (C=O) groups excluding carboxylic acids is 1. The Morgan fingerprint density at radius 2 is 1.20 bits per heavy atom. The van der Waals surface area contributed by atoms with Crippen LogP contribution in [0.25, 0.3) is 0 Å². The van der Waals surface area contributed by atoms with Crippen molar-refractivity contribution < 1.29 is 21.6 Å². The van der Waals surface area contributed by atoms with Crippen LogP contribution in [0.4, 0.5) is 0 Å². The van der Waals surface area contributed by atoms with Crippen LogP contribution >= 0.6 is 0 Å². The van der Waals surface area contributed by atoms with Crippen molar-refractivity contribution in [3.05, 3.63) is 132 Å². The van der Waals surface area contributed by atoms with Crippen molar-refractivity contribution in [1.82, 2.24) is 8.61 Å². The third-order valence-electron chi connectivity index (χ3n) is 7.22. The van der Waals surface area contributed by atoms with Gasteiger partial charge in [0.1, 0.15) is 0 Å². The van der Waals surface area contributed by atoms with Crippen LogP contribution in [-0.2, 0) is 20.0 Å². The second-order valence-corrected chi connectivity index (χ2v) is 13.9. The van der Waals surface area contributed by atoms with E-state index in [0.29, 0.717) is 22.2 Å². The Bertz CT molecular complexity index is 1610. The van der Waals surface area contributed by atoms with Gasteiger partial charge in [0.15, 0.2) is 0 Å². The van der Waals surface area contributed by atoms with Gasteiger partial charge in [-0.15, -0.1) is 0 Å². The number of rotatable bonds is 8. The molecule has 0 spiro atoms. The highest BCUT2D eigenvalue weighted by Gasteiger charge is 2.44. The zero-order valence-corrected chi connectivity index (χ0v) is 23.6. The lowest BCUT2D eigenvalue weighted by atomic mass is 9.96. The number of aryl methyl sites for hydroxylation is 1. The summed E-state index contributed by atoms with van der Waals surface area (Å²) in [4.78, 5) is 15.1. The van der Waals surface area contributed by atoms with E-state index in [4.69, 9.17) is 0 Å². The van der Waals surface area contributed by atoms with E-state index in [1.165, 1.54) is 24.3 Å². The van der Waals surface area contributed by atoms with E-state index < -0.39 is 32.6 Å². The van der Waals surface area contributed by atoms with Gasteiger partial charge in [0.2, 0.25) is 0 Å². The molecule has 0 aromatic heterocycles. The number of sulfonamides is 2. The largest absolute Gasteiger partial charge is 0.334 e. The summed E-state index contributed by atoms with van der Waals surface area (Å²) in [7, 11) is -8.98. The number of hydrogen-bond acceptors (Lipinski definition) is 5. The molecule has 1 fully saturated rings. The third-order valence-corrected chi connectivity index (χ3v) is 11.5. The monoisotopic (exact) mass is 574 g/mol. The van der Waals surface area contributed by atoms with E-state index in [2.05, 4.69) is 0 Å². The first-order valence-corrected chi connectivity index (χ1v) is 15.9. The second kappa shape index (κ2) is 11.4. The van der Waals surface area contributed by atoms with Crippen molar-refractivity contribution in [2.75, 3.05) is 13.1 Å². The number of nitrogens with zero attached hydrogens (tertiary/aromatic N) is 2. The van der Waals surface area contributed by atoms with Gasteiger partial charge < -0.3 is 4.90 Å². The highest BCUT2D eigenvalue weighted by atomic mass is 32.3. The van der Waals surface area contributed by atoms with Crippen molar-refractivity contribution >= 4 is 26.0 Å². The maximum atomic E-state index is 13.9. The summed E-state index contributed by atoms with van der Waals surface area (Å²) >= 11 is 0. The zero-order valence-electron chi connectivity index (χ0n) is 22.0. The van der Waals surface area contributed by atoms with E-state index in [0.717, 1.165) is 11.1 Å². The molecule has 1 heterocycles. The summed E-state index contributed by atoms with van der Waals surface area (Å²) in [5, 5.41) is 0. The zero-order chi connectivity index (χ0) is 28.3. The molecule has 4 aromatic rings. The number of benzene rings is 4. The first kappa shape index (κ1) is 27.8. The summed E-state index contributed by atoms with van der Waals surface area (Å²) in [5.41, 5.74) is 2.48. The average molecular weight is 575 g/mol. The molecule has 206 valence electrons. The molecule has 0 N–H and O–H groups in total. The molecule has 0 saturated carbocycles. The van der Waals surface area contributed by atoms with Gasteiger partial charge in [-0.1, -0.05) is 88.1 Å². The smallest absolute Gasteiger partial charge is 0.256 e. The molecule has 1 amide bonds. The minimum Gasteiger partial charge on any atom is -0.334 e. The van der Waals surface area contributed by atoms with E-state index >= 15 is 0 Å². The Balaban J connectivity index is 1.58. The van der Waals surface area contributed by atoms with Gasteiger partial charge in [-0.25, -0.2) is 16.8 Å². The normalized spacial score (nSPS) is 17.7. The third kappa shape index (κ3) is 5.58. The molecule has 1 aliphatic rings. The van der Waals surface area contributed by atoms with Crippen LogP contribution in [0.2, 0.25) is 0 Å². The standard InChI is InChI=1S/C31H30N2O5S2/c1-24-17-19-26(20-18-24)31(34)32-22-27(25-11-5-2-6-12-25)21-28(32)23-33(39(35,36)29-13-7-3-8-14-29)40(37,38)30-15-9-4-10-16-30/h2-20,27-28H,21-23H2,1H3. The van der Waals surface area contributed by atoms with Gasteiger partial charge in [-0.3, -0.25) is 4.79 Å². The fourth-order valence-electron chi connectivity index (χ4n) is 5.08. The molecule has 2 unspecified atom stereocenters. The summed E-state index contributed by atoms with van der Waals surface area (Å²) in [6.45, 7) is 1.86. The van der Waals surface area contributed by atoms with Crippen LogP contribution in [-0.4, -0.2) is 50.5 Å². The fourth-order valence-corrected chi connectivity index (χ4v) is 8.84. The van der Waals surface area contributed by atoms with Crippen LogP contribution in [0.5, 0.6) is 0 Å². The Morgan fingerprint density at radius 3 is 1.70 bits per heavy atom. The molecule has 7 nitrogen and oxygen atoms in total. The lowest BCUT2D eigenvalue weighted by Gasteiger charge is -2.30. The van der Waals surface area contributed by atoms with Gasteiger partial charge in [-0.05, 0) is 55.3 Å². The second-order valence-electron chi connectivity index (χ2n) is 9.91. The molecule has 9 heteroatoms. The molecule has 4 aromatic carbocycles. The van der Waals surface area contributed by atoms with Gasteiger partial charge in [0.05, 0.1) is 16.3 Å². The number of hydrogen-bond donors (Lipinski definition) is 0. The number of carbonyl (C=O) groups is 1. The molecule has 1 saturated heterocycles. The van der Waals surface area contributed by atoms with Crippen molar-refractivity contribution in [3.63, 3.8) is 0 Å². The number of likely N-dealkylation sites (tertiary alicyclic amines) is 1. The minimum atomic E-state index is -4.49. The maximum Gasteiger partial charge on any atom is 0.256 e. The SMILES string of the molecule is Cc1ccc(C(=O)N2CC(c3ccccc3)CC2CN(S(=O)(=O)c2ccccc2)S(=O)(=O)c2ccccc2)cc1. The van der Waals surface area contributed by atoms with Gasteiger partial charge >= 0.3 is 0 Å². The van der Waals surface area contributed by atoms with Crippen molar-refractivity contribution in [2.24, 2.45) is 0 Å². The lowest BCUT2D eigenvalue weighted by molar-refractivity contribution is 0.0729. The lowest BCUT2D eigenvalue weighted by Crippen LogP contribution is -2.47. The quantitative estimate of drug-likeness (QED) is 0.293. The molecule has 0 radical (unpaired) electrons. The molecule has 2 atom stereocenters. The van der Waals surface area contributed by atoms with Crippen molar-refractivity contribution in [2.45, 2.75) is 35.1 Å². The first-order chi connectivity index (χ1) is 19.2. The predicted molar refractivity (Wildman–Crippen MR) is 154 cm³/mol. The minimum absolute atomic E-state index is 0.0821. The summed E-state index contributed by atoms with van der Waals surface area (Å²) in [6, 6.07) is 31.2. The van der Waals surface area contributed by atoms with Gasteiger partial charge in [-0.2, -0.15) is 0 Å². The summed E-state index contributed by atoms with van der Waals surface area (Å²) < 4.78 is 56.2. The number of amides is 1. The summed E-state index contributed by atoms with van der Waals surface area (Å²) in [6.07, 6.45) is 0.409. The van der Waals surface area contributed by atoms with E-state index in [-0.39, 0.29) is 21.6 Å². The van der Waals surface area contributed by atoms with Gasteiger partial charge in [0, 0.05) is 24.1 Å². The molecule has 0 aliphatic carbocycles. The van der Waals surface area contributed by atoms with Crippen molar-refractivity contribution in [3.8, 4) is 0 Å². The Hall–Kier alpha value is -3.79. The van der Waals surface area contributed by atoms with Crippen LogP contribution in [0.1, 0.15) is 33.8 Å². The highest BCUT2D eigenvalue weighted by Crippen LogP contribution is 2.35. The van der Waals surface area contributed by atoms with Crippen molar-refractivity contribution in [1.29, 1.82) is 0 Å². The topological polar surface area (TPSA) is 91.8 Å². The average Bonchev–Trinajstić information content (AvgIpc) is 3.41. The highest BCUT2D eigenvalue weighted by molar-refractivity contribution is 8.04. The van der Waals surface area contributed by atoms with Crippen LogP contribution < -0.4 is 0 Å². The molecule has 0 bridgehead atoms. The van der Waals surface area contributed by atoms with Crippen LogP contribution in [0.3, 0.4) is 0 Å². The van der Waals surface area contributed by atoms with E-state index in [1.54, 1.807) is 53.4 Å². The van der Waals surface area contributed by atoms with E-state index in [9.17, 15) is 21.6 Å². The van der Waals surface area contributed by atoms with Crippen LogP contribution in [0, 0.1) is 6.92 Å². The molecule has 5 rings (SSSR count). The first-order valence-electron chi connectivity index (χ1n) is 13.0. The Kier molecular flexibility index (Phi) is 7.89. The molecule has 1 aliphatic heterocycles. The predicted octanol–water partition coefficient (Wildman–Crippen LogP) is 5.07. The van der Waals surface area contributed by atoms with E-state index in [1.807, 2.05) is 49.4 Å². The molecule has 40 heavy (non-hydrogen) atoms. The molecular weight excluding hydrogens is 544 g/mol. The van der Waals surface area contributed by atoms with Gasteiger partial charge in [0.25, 0.3) is 26.0 Å². The fraction of sp³-hybridized carbons (Fsp3) is 0.194.